The van der Waals surface area contributed by atoms with E-state index in [1.54, 1.807) is 6.92 Å². The standard InChI is InChI=1S/C22H21ClF3N5O3S/c1-11-3-4-13(8-14(11)22(24,25)26)31-20(34)16-9-28-21(35-16)12(2)7-15(33)18-17(23)19(27-5-6-32)30-10-29-18/h3-4,8-10,12,32H,5-7H2,1-2H3,(H,31,34)(H,27,29,30). The third-order valence-corrected chi connectivity index (χ3v) is 6.50. The van der Waals surface area contributed by atoms with E-state index in [1.165, 1.54) is 31.6 Å². The van der Waals surface area contributed by atoms with Crippen LogP contribution in [0.4, 0.5) is 24.7 Å². The van der Waals surface area contributed by atoms with Crippen LogP contribution in [0.2, 0.25) is 5.02 Å². The first kappa shape index (κ1) is 26.5. The summed E-state index contributed by atoms with van der Waals surface area (Å²) in [6, 6.07) is 3.56. The molecule has 0 bridgehead atoms. The number of nitrogens with zero attached hydrogens (tertiary/aromatic N) is 3. The fourth-order valence-corrected chi connectivity index (χ4v) is 4.28. The number of halogens is 4. The van der Waals surface area contributed by atoms with Crippen molar-refractivity contribution in [1.82, 2.24) is 15.0 Å². The number of alkyl halides is 3. The third-order valence-electron chi connectivity index (χ3n) is 4.92. The molecule has 1 atom stereocenters. The van der Waals surface area contributed by atoms with Crippen LogP contribution in [0, 0.1) is 6.92 Å². The maximum absolute atomic E-state index is 13.1. The number of benzene rings is 1. The van der Waals surface area contributed by atoms with Gasteiger partial charge in [0.15, 0.2) is 5.78 Å². The van der Waals surface area contributed by atoms with E-state index in [0.717, 1.165) is 17.4 Å². The first-order chi connectivity index (χ1) is 16.5. The number of anilines is 2. The highest BCUT2D eigenvalue weighted by Crippen LogP contribution is 2.34. The van der Waals surface area contributed by atoms with Crippen molar-refractivity contribution in [3.05, 3.63) is 62.5 Å². The average Bonchev–Trinajstić information content (AvgIpc) is 3.29. The Morgan fingerprint density at radius 3 is 2.66 bits per heavy atom. The molecule has 1 amide bonds. The van der Waals surface area contributed by atoms with E-state index in [1.807, 2.05) is 0 Å². The summed E-state index contributed by atoms with van der Waals surface area (Å²) in [6.07, 6.45) is -2.04. The third kappa shape index (κ3) is 6.53. The van der Waals surface area contributed by atoms with Crippen molar-refractivity contribution in [3.8, 4) is 0 Å². The number of amides is 1. The molecule has 0 radical (unpaired) electrons. The molecule has 8 nitrogen and oxygen atoms in total. The molecule has 3 aromatic rings. The average molecular weight is 528 g/mol. The van der Waals surface area contributed by atoms with Crippen LogP contribution in [0.3, 0.4) is 0 Å². The lowest BCUT2D eigenvalue weighted by Gasteiger charge is -2.12. The molecule has 186 valence electrons. The molecule has 0 spiro atoms. The normalized spacial score (nSPS) is 12.3. The van der Waals surface area contributed by atoms with Gasteiger partial charge in [-0.3, -0.25) is 9.59 Å². The van der Waals surface area contributed by atoms with Gasteiger partial charge in [0.25, 0.3) is 5.91 Å². The van der Waals surface area contributed by atoms with Gasteiger partial charge in [0.1, 0.15) is 27.7 Å². The van der Waals surface area contributed by atoms with Crippen LogP contribution in [0.1, 0.15) is 55.6 Å². The van der Waals surface area contributed by atoms with Crippen LogP contribution in [0.15, 0.2) is 30.7 Å². The summed E-state index contributed by atoms with van der Waals surface area (Å²) in [4.78, 5) is 37.6. The number of aromatic nitrogens is 3. The van der Waals surface area contributed by atoms with Crippen LogP contribution in [0.5, 0.6) is 0 Å². The van der Waals surface area contributed by atoms with Crippen molar-refractivity contribution in [2.75, 3.05) is 23.8 Å². The van der Waals surface area contributed by atoms with E-state index in [9.17, 15) is 22.8 Å². The topological polar surface area (TPSA) is 117 Å². The number of hydrogen-bond acceptors (Lipinski definition) is 8. The lowest BCUT2D eigenvalue weighted by molar-refractivity contribution is -0.138. The Morgan fingerprint density at radius 2 is 1.97 bits per heavy atom. The van der Waals surface area contributed by atoms with Gasteiger partial charge in [-0.1, -0.05) is 24.6 Å². The first-order valence-electron chi connectivity index (χ1n) is 10.3. The number of thiazole rings is 1. The van der Waals surface area contributed by atoms with E-state index in [4.69, 9.17) is 16.7 Å². The predicted molar refractivity (Wildman–Crippen MR) is 126 cm³/mol. The molecular weight excluding hydrogens is 507 g/mol. The van der Waals surface area contributed by atoms with Gasteiger partial charge in [0, 0.05) is 24.6 Å². The molecule has 35 heavy (non-hydrogen) atoms. The fraction of sp³-hybridized carbons (Fsp3) is 0.318. The molecule has 0 fully saturated rings. The molecule has 0 aliphatic rings. The summed E-state index contributed by atoms with van der Waals surface area (Å²) in [7, 11) is 0. The number of nitrogens with one attached hydrogen (secondary N) is 2. The monoisotopic (exact) mass is 527 g/mol. The summed E-state index contributed by atoms with van der Waals surface area (Å²) in [5.41, 5.74) is -0.752. The van der Waals surface area contributed by atoms with Crippen molar-refractivity contribution in [2.45, 2.75) is 32.4 Å². The van der Waals surface area contributed by atoms with Crippen LogP contribution in [-0.2, 0) is 6.18 Å². The van der Waals surface area contributed by atoms with Gasteiger partial charge < -0.3 is 15.7 Å². The molecule has 1 aromatic carbocycles. The van der Waals surface area contributed by atoms with Crippen molar-refractivity contribution in [3.63, 3.8) is 0 Å². The summed E-state index contributed by atoms with van der Waals surface area (Å²) >= 11 is 7.25. The van der Waals surface area contributed by atoms with Crippen LogP contribution in [-0.4, -0.2) is 44.9 Å². The molecule has 13 heteroatoms. The minimum atomic E-state index is -4.54. The maximum atomic E-state index is 13.1. The number of carbonyl (C=O) groups excluding carboxylic acids is 2. The first-order valence-corrected chi connectivity index (χ1v) is 11.5. The summed E-state index contributed by atoms with van der Waals surface area (Å²) in [6.45, 7) is 3.14. The van der Waals surface area contributed by atoms with E-state index in [2.05, 4.69) is 25.6 Å². The Kier molecular flexibility index (Phi) is 8.41. The summed E-state index contributed by atoms with van der Waals surface area (Å²) < 4.78 is 39.4. The molecular formula is C22H21ClF3N5O3S. The Hall–Kier alpha value is -3.09. The molecule has 0 saturated carbocycles. The maximum Gasteiger partial charge on any atom is 0.416 e. The van der Waals surface area contributed by atoms with Gasteiger partial charge in [-0.15, -0.1) is 11.3 Å². The Morgan fingerprint density at radius 1 is 1.23 bits per heavy atom. The number of aliphatic hydroxyl groups excluding tert-OH is 1. The second kappa shape index (κ2) is 11.1. The summed E-state index contributed by atoms with van der Waals surface area (Å²) in [5.74, 6) is -1.13. The molecule has 3 rings (SSSR count). The molecule has 2 heterocycles. The minimum absolute atomic E-state index is 0.00233. The molecule has 0 saturated heterocycles. The second-order valence-corrected chi connectivity index (χ2v) is 9.05. The van der Waals surface area contributed by atoms with E-state index in [0.29, 0.717) is 5.01 Å². The van der Waals surface area contributed by atoms with Crippen molar-refractivity contribution >= 4 is 46.1 Å². The highest BCUT2D eigenvalue weighted by atomic mass is 35.5. The van der Waals surface area contributed by atoms with Crippen LogP contribution >= 0.6 is 22.9 Å². The van der Waals surface area contributed by atoms with Crippen molar-refractivity contribution in [2.24, 2.45) is 0 Å². The largest absolute Gasteiger partial charge is 0.416 e. The number of hydrogen-bond donors (Lipinski definition) is 3. The molecule has 0 aliphatic heterocycles. The Bertz CT molecular complexity index is 1240. The van der Waals surface area contributed by atoms with Gasteiger partial charge in [-0.2, -0.15) is 13.2 Å². The van der Waals surface area contributed by atoms with Crippen molar-refractivity contribution in [1.29, 1.82) is 0 Å². The highest BCUT2D eigenvalue weighted by Gasteiger charge is 2.32. The quantitative estimate of drug-likeness (QED) is 0.337. The van der Waals surface area contributed by atoms with Gasteiger partial charge in [0.05, 0.1) is 23.4 Å². The number of Topliss-reactive ketones (excluding diaryl/α,β-unsaturated/α-hetero) is 1. The van der Waals surface area contributed by atoms with E-state index >= 15 is 0 Å². The Labute approximate surface area is 207 Å². The summed E-state index contributed by atoms with van der Waals surface area (Å²) in [5, 5.41) is 14.7. The fourth-order valence-electron chi connectivity index (χ4n) is 3.14. The van der Waals surface area contributed by atoms with Gasteiger partial charge in [0.2, 0.25) is 0 Å². The molecule has 3 N–H and O–H groups in total. The number of aliphatic hydroxyl groups is 1. The van der Waals surface area contributed by atoms with Gasteiger partial charge >= 0.3 is 6.18 Å². The highest BCUT2D eigenvalue weighted by molar-refractivity contribution is 7.13. The lowest BCUT2D eigenvalue weighted by atomic mass is 10.0. The van der Waals surface area contributed by atoms with E-state index in [-0.39, 0.29) is 63.9 Å². The number of aryl methyl sites for hydroxylation is 1. The number of ketones is 1. The SMILES string of the molecule is Cc1ccc(NC(=O)c2cnc(C(C)CC(=O)c3ncnc(NCCO)c3Cl)s2)cc1C(F)(F)F. The van der Waals surface area contributed by atoms with Crippen LogP contribution < -0.4 is 10.6 Å². The molecule has 1 unspecified atom stereocenters. The smallest absolute Gasteiger partial charge is 0.395 e. The Balaban J connectivity index is 1.69. The van der Waals surface area contributed by atoms with Crippen LogP contribution in [0.25, 0.3) is 0 Å². The minimum Gasteiger partial charge on any atom is -0.395 e. The predicted octanol–water partition coefficient (Wildman–Crippen LogP) is 4.95. The van der Waals surface area contributed by atoms with Crippen molar-refractivity contribution < 1.29 is 27.9 Å². The van der Waals surface area contributed by atoms with Gasteiger partial charge in [-0.25, -0.2) is 15.0 Å². The zero-order valence-corrected chi connectivity index (χ0v) is 20.2. The number of rotatable bonds is 9. The lowest BCUT2D eigenvalue weighted by Crippen LogP contribution is -2.13. The molecule has 0 aliphatic carbocycles. The zero-order chi connectivity index (χ0) is 25.8. The van der Waals surface area contributed by atoms with Gasteiger partial charge in [-0.05, 0) is 24.6 Å². The molecule has 2 aromatic heterocycles. The second-order valence-electron chi connectivity index (χ2n) is 7.61. The number of carbonyl (C=O) groups is 2. The zero-order valence-electron chi connectivity index (χ0n) is 18.6. The van der Waals surface area contributed by atoms with E-state index < -0.39 is 17.6 Å².